The van der Waals surface area contributed by atoms with Crippen molar-refractivity contribution in [2.24, 2.45) is 0 Å². The quantitative estimate of drug-likeness (QED) is 0.380. The summed E-state index contributed by atoms with van der Waals surface area (Å²) < 4.78 is 0. The third-order valence-corrected chi connectivity index (χ3v) is 4.86. The van der Waals surface area contributed by atoms with Crippen LogP contribution >= 0.6 is 11.8 Å². The van der Waals surface area contributed by atoms with E-state index in [2.05, 4.69) is 20.5 Å². The van der Waals surface area contributed by atoms with E-state index in [0.717, 1.165) is 11.1 Å². The number of aromatic amines is 1. The number of carbonyl (C=O) groups is 1. The topological polar surface area (TPSA) is 114 Å². The van der Waals surface area contributed by atoms with Crippen LogP contribution in [0.15, 0.2) is 53.7 Å². The molecule has 0 radical (unpaired) electrons. The lowest BCUT2D eigenvalue weighted by molar-refractivity contribution is -0.384. The monoisotopic (exact) mass is 383 g/mol. The number of carbonyl (C=O) groups excluding carboxylic acids is 1. The Morgan fingerprint density at radius 1 is 1.22 bits per heavy atom. The molecule has 1 aromatic heterocycles. The molecule has 0 aliphatic carbocycles. The van der Waals surface area contributed by atoms with Gasteiger partial charge < -0.3 is 5.32 Å². The highest BCUT2D eigenvalue weighted by Gasteiger charge is 2.26. The third-order valence-electron chi connectivity index (χ3n) is 3.75. The Hall–Kier alpha value is -3.20. The SMILES string of the molecule is Cc1ccc(NC(=O)C(Sc2n[nH]c(C)n2)c2ccccc2)c([N+](=O)[O-])c1. The molecule has 0 fully saturated rings. The van der Waals surface area contributed by atoms with Crippen molar-refractivity contribution in [3.05, 3.63) is 75.6 Å². The number of amides is 1. The number of benzene rings is 2. The molecule has 0 aliphatic rings. The molecule has 1 heterocycles. The predicted molar refractivity (Wildman–Crippen MR) is 103 cm³/mol. The second kappa shape index (κ2) is 8.00. The third kappa shape index (κ3) is 4.50. The van der Waals surface area contributed by atoms with Crippen LogP contribution in [0.4, 0.5) is 11.4 Å². The van der Waals surface area contributed by atoms with Crippen molar-refractivity contribution in [1.29, 1.82) is 0 Å². The summed E-state index contributed by atoms with van der Waals surface area (Å²) in [5.74, 6) is 0.250. The van der Waals surface area contributed by atoms with Gasteiger partial charge in [0.25, 0.3) is 5.69 Å². The lowest BCUT2D eigenvalue weighted by Gasteiger charge is -2.15. The summed E-state index contributed by atoms with van der Waals surface area (Å²) in [6.45, 7) is 3.52. The van der Waals surface area contributed by atoms with E-state index in [4.69, 9.17) is 0 Å². The van der Waals surface area contributed by atoms with Crippen LogP contribution in [0, 0.1) is 24.0 Å². The Morgan fingerprint density at radius 3 is 2.59 bits per heavy atom. The number of rotatable bonds is 6. The lowest BCUT2D eigenvalue weighted by atomic mass is 10.1. The Labute approximate surface area is 159 Å². The number of nitro benzene ring substituents is 1. The Bertz CT molecular complexity index is 974. The molecule has 27 heavy (non-hydrogen) atoms. The second-order valence-electron chi connectivity index (χ2n) is 5.88. The standard InChI is InChI=1S/C18H17N5O3S/c1-11-8-9-14(15(10-11)23(25)26)20-17(24)16(13-6-4-3-5-7-13)27-18-19-12(2)21-22-18/h3-10,16H,1-2H3,(H,20,24)(H,19,21,22). The van der Waals surface area contributed by atoms with E-state index >= 15 is 0 Å². The average Bonchev–Trinajstić information content (AvgIpc) is 3.06. The minimum Gasteiger partial charge on any atom is -0.319 e. The van der Waals surface area contributed by atoms with Gasteiger partial charge in [0.1, 0.15) is 16.8 Å². The smallest absolute Gasteiger partial charge is 0.293 e. The highest BCUT2D eigenvalue weighted by atomic mass is 32.2. The summed E-state index contributed by atoms with van der Waals surface area (Å²) in [5, 5.41) is 20.6. The van der Waals surface area contributed by atoms with Crippen molar-refractivity contribution in [3.8, 4) is 0 Å². The molecule has 1 unspecified atom stereocenters. The van der Waals surface area contributed by atoms with Gasteiger partial charge in [-0.2, -0.15) is 0 Å². The molecule has 3 rings (SSSR count). The average molecular weight is 383 g/mol. The molecule has 0 aliphatic heterocycles. The zero-order valence-corrected chi connectivity index (χ0v) is 15.5. The van der Waals surface area contributed by atoms with Gasteiger partial charge in [-0.15, -0.1) is 5.10 Å². The summed E-state index contributed by atoms with van der Waals surface area (Å²) in [7, 11) is 0. The molecule has 0 saturated heterocycles. The van der Waals surface area contributed by atoms with Crippen LogP contribution < -0.4 is 5.32 Å². The van der Waals surface area contributed by atoms with Crippen molar-refractivity contribution in [1.82, 2.24) is 15.2 Å². The fourth-order valence-electron chi connectivity index (χ4n) is 2.48. The summed E-state index contributed by atoms with van der Waals surface area (Å²) in [6.07, 6.45) is 0. The van der Waals surface area contributed by atoms with E-state index in [-0.39, 0.29) is 17.3 Å². The number of H-pyrrole nitrogens is 1. The number of thioether (sulfide) groups is 1. The Balaban J connectivity index is 1.91. The maximum absolute atomic E-state index is 13.0. The molecular weight excluding hydrogens is 366 g/mol. The predicted octanol–water partition coefficient (Wildman–Crippen LogP) is 3.80. The molecule has 2 aromatic carbocycles. The van der Waals surface area contributed by atoms with Gasteiger partial charge in [0.05, 0.1) is 4.92 Å². The van der Waals surface area contributed by atoms with Crippen molar-refractivity contribution < 1.29 is 9.72 Å². The summed E-state index contributed by atoms with van der Waals surface area (Å²) in [4.78, 5) is 28.0. The Kier molecular flexibility index (Phi) is 5.51. The summed E-state index contributed by atoms with van der Waals surface area (Å²) >= 11 is 1.17. The zero-order valence-electron chi connectivity index (χ0n) is 14.7. The molecule has 0 saturated carbocycles. The van der Waals surface area contributed by atoms with Crippen LogP contribution in [0.1, 0.15) is 22.2 Å². The van der Waals surface area contributed by atoms with Gasteiger partial charge in [0, 0.05) is 6.07 Å². The van der Waals surface area contributed by atoms with Crippen LogP contribution in [0.5, 0.6) is 0 Å². The van der Waals surface area contributed by atoms with Crippen molar-refractivity contribution in [2.45, 2.75) is 24.3 Å². The van der Waals surface area contributed by atoms with E-state index in [9.17, 15) is 14.9 Å². The van der Waals surface area contributed by atoms with Crippen molar-refractivity contribution in [2.75, 3.05) is 5.32 Å². The number of aromatic nitrogens is 3. The fraction of sp³-hybridized carbons (Fsp3) is 0.167. The van der Waals surface area contributed by atoms with Gasteiger partial charge in [0.2, 0.25) is 11.1 Å². The zero-order chi connectivity index (χ0) is 19.4. The molecule has 1 amide bonds. The molecule has 0 bridgehead atoms. The Morgan fingerprint density at radius 2 is 1.96 bits per heavy atom. The first kappa shape index (κ1) is 18.6. The van der Waals surface area contributed by atoms with E-state index in [0.29, 0.717) is 11.0 Å². The van der Waals surface area contributed by atoms with E-state index in [1.165, 1.54) is 23.9 Å². The molecule has 138 valence electrons. The molecule has 0 spiro atoms. The molecule has 1 atom stereocenters. The van der Waals surface area contributed by atoms with E-state index in [1.807, 2.05) is 30.3 Å². The maximum Gasteiger partial charge on any atom is 0.293 e. The first-order chi connectivity index (χ1) is 12.9. The van der Waals surface area contributed by atoms with Crippen LogP contribution in [0.3, 0.4) is 0 Å². The number of aryl methyl sites for hydroxylation is 2. The number of nitrogens with zero attached hydrogens (tertiary/aromatic N) is 3. The minimum absolute atomic E-state index is 0.145. The second-order valence-corrected chi connectivity index (χ2v) is 6.95. The van der Waals surface area contributed by atoms with Crippen molar-refractivity contribution >= 4 is 29.0 Å². The lowest BCUT2D eigenvalue weighted by Crippen LogP contribution is -2.20. The van der Waals surface area contributed by atoms with Crippen LogP contribution in [-0.4, -0.2) is 26.0 Å². The molecule has 3 aromatic rings. The number of nitrogens with one attached hydrogen (secondary N) is 2. The van der Waals surface area contributed by atoms with Crippen LogP contribution in [-0.2, 0) is 4.79 Å². The number of hydrogen-bond acceptors (Lipinski definition) is 6. The first-order valence-electron chi connectivity index (χ1n) is 8.10. The largest absolute Gasteiger partial charge is 0.319 e. The first-order valence-corrected chi connectivity index (χ1v) is 8.98. The van der Waals surface area contributed by atoms with Gasteiger partial charge in [-0.1, -0.05) is 48.2 Å². The van der Waals surface area contributed by atoms with Gasteiger partial charge >= 0.3 is 0 Å². The van der Waals surface area contributed by atoms with E-state index < -0.39 is 10.2 Å². The van der Waals surface area contributed by atoms with Crippen LogP contribution in [0.25, 0.3) is 0 Å². The summed E-state index contributed by atoms with van der Waals surface area (Å²) in [5.41, 5.74) is 1.50. The molecular formula is C18H17N5O3S. The number of anilines is 1. The van der Waals surface area contributed by atoms with Crippen LogP contribution in [0.2, 0.25) is 0 Å². The summed E-state index contributed by atoms with van der Waals surface area (Å²) in [6, 6.07) is 13.8. The van der Waals surface area contributed by atoms with Gasteiger partial charge in [-0.05, 0) is 31.0 Å². The van der Waals surface area contributed by atoms with E-state index in [1.54, 1.807) is 19.9 Å². The fourth-order valence-corrected chi connectivity index (χ4v) is 3.44. The molecule has 9 heteroatoms. The van der Waals surface area contributed by atoms with Gasteiger partial charge in [-0.3, -0.25) is 20.0 Å². The maximum atomic E-state index is 13.0. The highest BCUT2D eigenvalue weighted by Crippen LogP contribution is 2.35. The number of nitro groups is 1. The number of hydrogen-bond donors (Lipinski definition) is 2. The van der Waals surface area contributed by atoms with Crippen molar-refractivity contribution in [3.63, 3.8) is 0 Å². The van der Waals surface area contributed by atoms with Gasteiger partial charge in [-0.25, -0.2) is 4.98 Å². The highest BCUT2D eigenvalue weighted by molar-refractivity contribution is 8.00. The van der Waals surface area contributed by atoms with Gasteiger partial charge in [0.15, 0.2) is 0 Å². The normalized spacial score (nSPS) is 11.8. The molecule has 8 nitrogen and oxygen atoms in total. The minimum atomic E-state index is -0.665. The molecule has 2 N–H and O–H groups in total.